The Labute approximate surface area is 121 Å². The Morgan fingerprint density at radius 3 is 2.26 bits per heavy atom. The van der Waals surface area contributed by atoms with Gasteiger partial charge in [0.25, 0.3) is 0 Å². The van der Waals surface area contributed by atoms with E-state index in [9.17, 15) is 4.79 Å². The second-order valence-electron chi connectivity index (χ2n) is 5.61. The van der Waals surface area contributed by atoms with Gasteiger partial charge in [0.1, 0.15) is 0 Å². The molecule has 0 N–H and O–H groups in total. The summed E-state index contributed by atoms with van der Waals surface area (Å²) in [6, 6.07) is 0.501. The second kappa shape index (κ2) is 7.83. The standard InChI is InChI=1S/C15H26N2OS/c18-15-16(11-12-17(15)14-8-9-14)10-6-4-2-1-3-5-7-13-19/h11-12,14,19H,1-10,13H2. The lowest BCUT2D eigenvalue weighted by atomic mass is 10.1. The lowest BCUT2D eigenvalue weighted by Gasteiger charge is -2.03. The summed E-state index contributed by atoms with van der Waals surface area (Å²) in [6.07, 6.45) is 15.1. The van der Waals surface area contributed by atoms with E-state index < -0.39 is 0 Å². The zero-order valence-corrected chi connectivity index (χ0v) is 12.7. The first kappa shape index (κ1) is 14.8. The van der Waals surface area contributed by atoms with Crippen LogP contribution in [0.1, 0.15) is 63.8 Å². The lowest BCUT2D eigenvalue weighted by Crippen LogP contribution is -2.23. The van der Waals surface area contributed by atoms with E-state index in [2.05, 4.69) is 12.6 Å². The number of unbranched alkanes of at least 4 members (excludes halogenated alkanes) is 6. The Hall–Kier alpha value is -0.640. The van der Waals surface area contributed by atoms with Gasteiger partial charge in [-0.2, -0.15) is 12.6 Å². The predicted molar refractivity (Wildman–Crippen MR) is 83.1 cm³/mol. The van der Waals surface area contributed by atoms with Crippen molar-refractivity contribution < 1.29 is 0 Å². The highest BCUT2D eigenvalue weighted by molar-refractivity contribution is 7.80. The summed E-state index contributed by atoms with van der Waals surface area (Å²) < 4.78 is 3.77. The lowest BCUT2D eigenvalue weighted by molar-refractivity contribution is 0.535. The summed E-state index contributed by atoms with van der Waals surface area (Å²) in [5.74, 6) is 1.01. The molecule has 1 aromatic heterocycles. The van der Waals surface area contributed by atoms with E-state index >= 15 is 0 Å². The second-order valence-corrected chi connectivity index (χ2v) is 6.06. The molecule has 1 saturated carbocycles. The van der Waals surface area contributed by atoms with Gasteiger partial charge < -0.3 is 0 Å². The van der Waals surface area contributed by atoms with Gasteiger partial charge in [0.2, 0.25) is 0 Å². The Morgan fingerprint density at radius 1 is 1.00 bits per heavy atom. The van der Waals surface area contributed by atoms with E-state index in [-0.39, 0.29) is 5.69 Å². The third-order valence-corrected chi connectivity index (χ3v) is 4.19. The summed E-state index contributed by atoms with van der Waals surface area (Å²) in [5, 5.41) is 0. The topological polar surface area (TPSA) is 26.9 Å². The van der Waals surface area contributed by atoms with Gasteiger partial charge >= 0.3 is 5.69 Å². The average Bonchev–Trinajstić information content (AvgIpc) is 3.18. The number of hydrogen-bond acceptors (Lipinski definition) is 2. The smallest absolute Gasteiger partial charge is 0.299 e. The number of aromatic nitrogens is 2. The van der Waals surface area contributed by atoms with Crippen molar-refractivity contribution >= 4 is 12.6 Å². The third kappa shape index (κ3) is 4.75. The quantitative estimate of drug-likeness (QED) is 0.515. The Balaban J connectivity index is 1.57. The summed E-state index contributed by atoms with van der Waals surface area (Å²) in [7, 11) is 0. The molecule has 0 unspecified atom stereocenters. The summed E-state index contributed by atoms with van der Waals surface area (Å²) in [5.41, 5.74) is 0.191. The summed E-state index contributed by atoms with van der Waals surface area (Å²) >= 11 is 4.22. The molecule has 0 atom stereocenters. The van der Waals surface area contributed by atoms with E-state index in [1.807, 2.05) is 21.5 Å². The normalized spacial score (nSPS) is 15.0. The Bertz CT molecular complexity index is 420. The first-order valence-corrected chi connectivity index (χ1v) is 8.34. The molecule has 0 saturated heterocycles. The van der Waals surface area contributed by atoms with E-state index in [1.165, 1.54) is 51.4 Å². The van der Waals surface area contributed by atoms with Gasteiger partial charge in [0, 0.05) is 25.0 Å². The van der Waals surface area contributed by atoms with E-state index in [0.29, 0.717) is 6.04 Å². The van der Waals surface area contributed by atoms with Gasteiger partial charge in [-0.25, -0.2) is 4.79 Å². The Morgan fingerprint density at radius 2 is 1.63 bits per heavy atom. The molecular formula is C15H26N2OS. The van der Waals surface area contributed by atoms with Crippen molar-refractivity contribution in [3.63, 3.8) is 0 Å². The number of thiol groups is 1. The highest BCUT2D eigenvalue weighted by Gasteiger charge is 2.25. The van der Waals surface area contributed by atoms with Crippen LogP contribution >= 0.6 is 12.6 Å². The molecule has 2 rings (SSSR count). The fourth-order valence-corrected chi connectivity index (χ4v) is 2.73. The minimum Gasteiger partial charge on any atom is -0.299 e. The maximum Gasteiger partial charge on any atom is 0.328 e. The fraction of sp³-hybridized carbons (Fsp3) is 0.800. The molecule has 19 heavy (non-hydrogen) atoms. The minimum atomic E-state index is 0.191. The fourth-order valence-electron chi connectivity index (χ4n) is 2.51. The molecular weight excluding hydrogens is 256 g/mol. The molecule has 0 spiro atoms. The number of rotatable bonds is 10. The predicted octanol–water partition coefficient (Wildman–Crippen LogP) is 3.65. The van der Waals surface area contributed by atoms with E-state index in [1.54, 1.807) is 0 Å². The Kier molecular flexibility index (Phi) is 6.08. The third-order valence-electron chi connectivity index (χ3n) is 3.87. The average molecular weight is 282 g/mol. The van der Waals surface area contributed by atoms with Gasteiger partial charge in [-0.05, 0) is 31.4 Å². The molecule has 0 amide bonds. The minimum absolute atomic E-state index is 0.191. The molecule has 1 heterocycles. The van der Waals surface area contributed by atoms with Crippen molar-refractivity contribution in [2.45, 2.75) is 70.4 Å². The van der Waals surface area contributed by atoms with Crippen molar-refractivity contribution in [2.75, 3.05) is 5.75 Å². The van der Waals surface area contributed by atoms with Gasteiger partial charge in [-0.1, -0.05) is 32.1 Å². The van der Waals surface area contributed by atoms with Gasteiger partial charge in [-0.15, -0.1) is 0 Å². The molecule has 0 bridgehead atoms. The van der Waals surface area contributed by atoms with Crippen LogP contribution < -0.4 is 5.69 Å². The SMILES string of the molecule is O=c1n(CCCCCCCCCS)ccn1C1CC1. The maximum atomic E-state index is 12.0. The van der Waals surface area contributed by atoms with E-state index in [0.717, 1.165) is 18.7 Å². The molecule has 0 radical (unpaired) electrons. The van der Waals surface area contributed by atoms with Crippen LogP contribution in [0, 0.1) is 0 Å². The van der Waals surface area contributed by atoms with Crippen molar-refractivity contribution in [2.24, 2.45) is 0 Å². The monoisotopic (exact) mass is 282 g/mol. The number of imidazole rings is 1. The first-order valence-electron chi connectivity index (χ1n) is 7.71. The molecule has 1 fully saturated rings. The largest absolute Gasteiger partial charge is 0.328 e. The highest BCUT2D eigenvalue weighted by atomic mass is 32.1. The van der Waals surface area contributed by atoms with Crippen LogP contribution in [0.5, 0.6) is 0 Å². The van der Waals surface area contributed by atoms with Crippen LogP contribution in [-0.4, -0.2) is 14.9 Å². The van der Waals surface area contributed by atoms with Crippen LogP contribution in [-0.2, 0) is 6.54 Å². The molecule has 4 heteroatoms. The maximum absolute atomic E-state index is 12.0. The van der Waals surface area contributed by atoms with E-state index in [4.69, 9.17) is 0 Å². The molecule has 0 aliphatic heterocycles. The summed E-state index contributed by atoms with van der Waals surface area (Å²) in [4.78, 5) is 12.0. The van der Waals surface area contributed by atoms with Crippen molar-refractivity contribution in [1.29, 1.82) is 0 Å². The molecule has 1 aromatic rings. The number of hydrogen-bond donors (Lipinski definition) is 1. The van der Waals surface area contributed by atoms with Crippen molar-refractivity contribution in [3.8, 4) is 0 Å². The van der Waals surface area contributed by atoms with Crippen LogP contribution in [0.15, 0.2) is 17.2 Å². The number of nitrogens with zero attached hydrogens (tertiary/aromatic N) is 2. The van der Waals surface area contributed by atoms with Crippen LogP contribution in [0.2, 0.25) is 0 Å². The molecule has 108 valence electrons. The van der Waals surface area contributed by atoms with Gasteiger partial charge in [0.05, 0.1) is 0 Å². The zero-order chi connectivity index (χ0) is 13.5. The van der Waals surface area contributed by atoms with Crippen molar-refractivity contribution in [3.05, 3.63) is 22.9 Å². The van der Waals surface area contributed by atoms with Gasteiger partial charge in [-0.3, -0.25) is 9.13 Å². The molecule has 0 aromatic carbocycles. The summed E-state index contributed by atoms with van der Waals surface area (Å²) in [6.45, 7) is 0.884. The highest BCUT2D eigenvalue weighted by Crippen LogP contribution is 2.33. The number of aryl methyl sites for hydroxylation is 1. The first-order chi connectivity index (χ1) is 9.33. The van der Waals surface area contributed by atoms with Crippen molar-refractivity contribution in [1.82, 2.24) is 9.13 Å². The van der Waals surface area contributed by atoms with Gasteiger partial charge in [0.15, 0.2) is 0 Å². The molecule has 1 aliphatic carbocycles. The molecule has 3 nitrogen and oxygen atoms in total. The van der Waals surface area contributed by atoms with Crippen LogP contribution in [0.4, 0.5) is 0 Å². The van der Waals surface area contributed by atoms with Crippen LogP contribution in [0.3, 0.4) is 0 Å². The zero-order valence-electron chi connectivity index (χ0n) is 11.8. The molecule has 1 aliphatic rings. The van der Waals surface area contributed by atoms with Crippen LogP contribution in [0.25, 0.3) is 0 Å².